The van der Waals surface area contributed by atoms with Crippen LogP contribution in [0.15, 0.2) is 41.3 Å². The summed E-state index contributed by atoms with van der Waals surface area (Å²) in [4.78, 5) is 23.2. The zero-order chi connectivity index (χ0) is 13.4. The molecule has 94 valence electrons. The Kier molecular flexibility index (Phi) is 2.38. The smallest absolute Gasteiger partial charge is 0.302 e. The fourth-order valence-corrected chi connectivity index (χ4v) is 1.77. The standard InChI is InChI=1S/C12H9N5O2/c13-12-15-10-9(11(18)16-12)14-8(6-17(10)19)7-4-2-1-3-5-7/h1-6,19H,(H2,13,16,18). The lowest BCUT2D eigenvalue weighted by Crippen LogP contribution is -2.20. The highest BCUT2D eigenvalue weighted by Gasteiger charge is 2.17. The Morgan fingerprint density at radius 1 is 1.11 bits per heavy atom. The Balaban J connectivity index is 2.31. The van der Waals surface area contributed by atoms with Gasteiger partial charge in [-0.2, -0.15) is 14.7 Å². The van der Waals surface area contributed by atoms with E-state index >= 15 is 0 Å². The first-order valence-electron chi connectivity index (χ1n) is 5.47. The molecule has 1 aromatic rings. The first-order chi connectivity index (χ1) is 9.15. The second-order valence-corrected chi connectivity index (χ2v) is 3.90. The summed E-state index contributed by atoms with van der Waals surface area (Å²) in [6.45, 7) is 0. The average Bonchev–Trinajstić information content (AvgIpc) is 2.41. The van der Waals surface area contributed by atoms with Crippen molar-refractivity contribution in [1.29, 1.82) is 0 Å². The largest absolute Gasteiger partial charge is 0.427 e. The topological polar surface area (TPSA) is 107 Å². The third kappa shape index (κ3) is 1.86. The SMILES string of the molecule is Nc1nc2n(O)cc(-c3ccccc3)nc-2c(=O)n1. The molecule has 7 heteroatoms. The van der Waals surface area contributed by atoms with Gasteiger partial charge >= 0.3 is 5.56 Å². The molecule has 0 saturated heterocycles. The molecule has 0 aliphatic carbocycles. The van der Waals surface area contributed by atoms with Crippen molar-refractivity contribution in [3.63, 3.8) is 0 Å². The van der Waals surface area contributed by atoms with Crippen molar-refractivity contribution in [3.05, 3.63) is 46.9 Å². The number of anilines is 1. The number of fused-ring (bicyclic) bond motifs is 1. The number of nitrogens with two attached hydrogens (primary N) is 1. The number of aromatic nitrogens is 4. The predicted molar refractivity (Wildman–Crippen MR) is 67.7 cm³/mol. The second kappa shape index (κ2) is 4.05. The molecule has 19 heavy (non-hydrogen) atoms. The van der Waals surface area contributed by atoms with Gasteiger partial charge < -0.3 is 10.9 Å². The average molecular weight is 255 g/mol. The molecule has 0 radical (unpaired) electrons. The van der Waals surface area contributed by atoms with Crippen LogP contribution in [0.1, 0.15) is 0 Å². The van der Waals surface area contributed by atoms with Crippen molar-refractivity contribution in [1.82, 2.24) is 19.7 Å². The third-order valence-electron chi connectivity index (χ3n) is 2.61. The van der Waals surface area contributed by atoms with Crippen LogP contribution < -0.4 is 11.3 Å². The zero-order valence-electron chi connectivity index (χ0n) is 9.69. The van der Waals surface area contributed by atoms with Gasteiger partial charge in [-0.15, -0.1) is 0 Å². The van der Waals surface area contributed by atoms with Crippen molar-refractivity contribution >= 4 is 5.95 Å². The van der Waals surface area contributed by atoms with Crippen LogP contribution in [0.2, 0.25) is 0 Å². The van der Waals surface area contributed by atoms with Crippen molar-refractivity contribution in [2.45, 2.75) is 0 Å². The Morgan fingerprint density at radius 2 is 1.84 bits per heavy atom. The minimum atomic E-state index is -0.622. The molecule has 0 fully saturated rings. The van der Waals surface area contributed by atoms with Gasteiger partial charge in [0.15, 0.2) is 5.69 Å². The van der Waals surface area contributed by atoms with Crippen LogP contribution >= 0.6 is 0 Å². The van der Waals surface area contributed by atoms with Gasteiger partial charge in [-0.05, 0) is 0 Å². The summed E-state index contributed by atoms with van der Waals surface area (Å²) >= 11 is 0. The summed E-state index contributed by atoms with van der Waals surface area (Å²) in [5.41, 5.74) is 5.93. The Morgan fingerprint density at radius 3 is 2.58 bits per heavy atom. The van der Waals surface area contributed by atoms with Crippen LogP contribution in [0.3, 0.4) is 0 Å². The van der Waals surface area contributed by atoms with E-state index in [1.165, 1.54) is 6.20 Å². The number of rotatable bonds is 1. The molecule has 0 unspecified atom stereocenters. The van der Waals surface area contributed by atoms with E-state index in [1.54, 1.807) is 0 Å². The molecule has 3 N–H and O–H groups in total. The van der Waals surface area contributed by atoms with Crippen LogP contribution in [0.4, 0.5) is 5.95 Å². The molecule has 3 rings (SSSR count). The first-order valence-corrected chi connectivity index (χ1v) is 5.47. The van der Waals surface area contributed by atoms with Gasteiger partial charge in [0.25, 0.3) is 0 Å². The molecule has 0 bridgehead atoms. The van der Waals surface area contributed by atoms with Gasteiger partial charge in [0.2, 0.25) is 11.8 Å². The molecule has 2 aliphatic heterocycles. The highest BCUT2D eigenvalue weighted by atomic mass is 16.5. The van der Waals surface area contributed by atoms with E-state index in [4.69, 9.17) is 5.73 Å². The number of hydrogen-bond donors (Lipinski definition) is 2. The highest BCUT2D eigenvalue weighted by Crippen LogP contribution is 2.20. The van der Waals surface area contributed by atoms with E-state index in [2.05, 4.69) is 15.0 Å². The van der Waals surface area contributed by atoms with Gasteiger partial charge in [-0.1, -0.05) is 30.3 Å². The second-order valence-electron chi connectivity index (χ2n) is 3.90. The molecule has 2 aliphatic rings. The summed E-state index contributed by atoms with van der Waals surface area (Å²) in [6, 6.07) is 9.16. The van der Waals surface area contributed by atoms with E-state index < -0.39 is 5.56 Å². The molecular weight excluding hydrogens is 246 g/mol. The van der Waals surface area contributed by atoms with Crippen LogP contribution in [-0.4, -0.2) is 24.9 Å². The van der Waals surface area contributed by atoms with Crippen molar-refractivity contribution < 1.29 is 5.21 Å². The van der Waals surface area contributed by atoms with Gasteiger partial charge in [0.05, 0.1) is 11.9 Å². The van der Waals surface area contributed by atoms with E-state index in [0.717, 1.165) is 10.3 Å². The molecule has 1 aromatic carbocycles. The normalized spacial score (nSPS) is 10.7. The van der Waals surface area contributed by atoms with Crippen LogP contribution in [0, 0.1) is 0 Å². The molecule has 2 heterocycles. The number of benzene rings is 1. The molecule has 0 spiro atoms. The number of hydrogen-bond acceptors (Lipinski definition) is 6. The van der Waals surface area contributed by atoms with E-state index in [9.17, 15) is 10.0 Å². The quantitative estimate of drug-likeness (QED) is 0.617. The van der Waals surface area contributed by atoms with Crippen molar-refractivity contribution in [2.24, 2.45) is 0 Å². The predicted octanol–water partition coefficient (Wildman–Crippen LogP) is 0.625. The first kappa shape index (κ1) is 11.1. The molecular formula is C12H9N5O2. The molecule has 0 amide bonds. The summed E-state index contributed by atoms with van der Waals surface area (Å²) < 4.78 is 0.726. The van der Waals surface area contributed by atoms with Crippen LogP contribution in [-0.2, 0) is 0 Å². The van der Waals surface area contributed by atoms with Gasteiger partial charge in [0, 0.05) is 5.56 Å². The summed E-state index contributed by atoms with van der Waals surface area (Å²) in [5.74, 6) is -0.216. The zero-order valence-corrected chi connectivity index (χ0v) is 9.69. The van der Waals surface area contributed by atoms with E-state index in [1.807, 2.05) is 30.3 Å². The lowest BCUT2D eigenvalue weighted by molar-refractivity contribution is 0.185. The molecule has 0 saturated carbocycles. The summed E-state index contributed by atoms with van der Waals surface area (Å²) in [7, 11) is 0. The Bertz CT molecular complexity index is 769. The maximum absolute atomic E-state index is 11.7. The summed E-state index contributed by atoms with van der Waals surface area (Å²) in [5, 5.41) is 9.85. The number of nitrogen functional groups attached to an aromatic ring is 1. The minimum absolute atomic E-state index is 0.0165. The Labute approximate surface area is 107 Å². The monoisotopic (exact) mass is 255 g/mol. The van der Waals surface area contributed by atoms with Crippen molar-refractivity contribution in [2.75, 3.05) is 5.73 Å². The van der Waals surface area contributed by atoms with Gasteiger partial charge in [-0.3, -0.25) is 4.79 Å². The van der Waals surface area contributed by atoms with Gasteiger partial charge in [0.1, 0.15) is 0 Å². The third-order valence-corrected chi connectivity index (χ3v) is 2.61. The van der Waals surface area contributed by atoms with Crippen molar-refractivity contribution in [3.8, 4) is 22.8 Å². The summed E-state index contributed by atoms with van der Waals surface area (Å²) in [6.07, 6.45) is 1.36. The highest BCUT2D eigenvalue weighted by molar-refractivity contribution is 5.63. The minimum Gasteiger partial charge on any atom is -0.427 e. The van der Waals surface area contributed by atoms with E-state index in [0.29, 0.717) is 5.69 Å². The van der Waals surface area contributed by atoms with E-state index in [-0.39, 0.29) is 17.5 Å². The fourth-order valence-electron chi connectivity index (χ4n) is 1.77. The van der Waals surface area contributed by atoms with Gasteiger partial charge in [-0.25, -0.2) is 4.98 Å². The maximum atomic E-state index is 11.7. The molecule has 7 nitrogen and oxygen atoms in total. The van der Waals surface area contributed by atoms with Crippen LogP contribution in [0.5, 0.6) is 0 Å². The Hall–Kier alpha value is -2.96. The maximum Gasteiger partial charge on any atom is 0.302 e. The fraction of sp³-hybridized carbons (Fsp3) is 0. The molecule has 0 atom stereocenters. The lowest BCUT2D eigenvalue weighted by Gasteiger charge is -2.10. The lowest BCUT2D eigenvalue weighted by atomic mass is 10.1. The molecule has 0 aromatic heterocycles. The van der Waals surface area contributed by atoms with Crippen LogP contribution in [0.25, 0.3) is 22.8 Å². The number of nitrogens with zero attached hydrogens (tertiary/aromatic N) is 4.